The van der Waals surface area contributed by atoms with Crippen LogP contribution in [-0.4, -0.2) is 19.8 Å². The van der Waals surface area contributed by atoms with Crippen LogP contribution in [0.2, 0.25) is 0 Å². The fourth-order valence-electron chi connectivity index (χ4n) is 4.66. The lowest BCUT2D eigenvalue weighted by Gasteiger charge is -2.16. The number of hydrogen-bond acceptors (Lipinski definition) is 6. The Morgan fingerprint density at radius 1 is 0.973 bits per heavy atom. The average Bonchev–Trinajstić information content (AvgIpc) is 3.40. The molecule has 5 aromatic rings. The molecule has 0 aliphatic heterocycles. The van der Waals surface area contributed by atoms with Crippen molar-refractivity contribution in [3.8, 4) is 38.7 Å². The molecule has 0 fully saturated rings. The van der Waals surface area contributed by atoms with E-state index in [9.17, 15) is 14.3 Å². The third-order valence-electron chi connectivity index (χ3n) is 6.51. The second-order valence-corrected chi connectivity index (χ2v) is 10.3. The van der Waals surface area contributed by atoms with Crippen LogP contribution in [-0.2, 0) is 13.0 Å². The minimum atomic E-state index is -0.763. The largest absolute Gasteiger partial charge is 0.504 e. The molecule has 0 spiro atoms. The Labute approximate surface area is 217 Å². The zero-order valence-corrected chi connectivity index (χ0v) is 21.8. The fraction of sp³-hybridized carbons (Fsp3) is 0.207. The molecule has 6 nitrogen and oxygen atoms in total. The monoisotopic (exact) mass is 515 g/mol. The van der Waals surface area contributed by atoms with Crippen molar-refractivity contribution in [2.45, 2.75) is 40.7 Å². The van der Waals surface area contributed by atoms with Gasteiger partial charge in [0.2, 0.25) is 0 Å². The number of thiophene rings is 1. The van der Waals surface area contributed by atoms with Crippen LogP contribution in [0.15, 0.2) is 63.9 Å². The molecule has 2 aromatic carbocycles. The number of benzene rings is 2. The summed E-state index contributed by atoms with van der Waals surface area (Å²) in [5.74, 6) is -0.334. The SMILES string of the molecule is Cc1noc(C)c1-c1cc(-c2c(C)nc(-c3cccc(F)c3O)n(CCc3ccccc3)c2=O)sc1C. The van der Waals surface area contributed by atoms with Gasteiger partial charge in [-0.3, -0.25) is 9.36 Å². The molecule has 0 radical (unpaired) electrons. The van der Waals surface area contributed by atoms with Gasteiger partial charge in [-0.25, -0.2) is 9.37 Å². The summed E-state index contributed by atoms with van der Waals surface area (Å²) in [5, 5.41) is 14.6. The zero-order valence-electron chi connectivity index (χ0n) is 21.0. The highest BCUT2D eigenvalue weighted by Crippen LogP contribution is 2.39. The maximum Gasteiger partial charge on any atom is 0.262 e. The molecule has 0 saturated heterocycles. The molecule has 37 heavy (non-hydrogen) atoms. The van der Waals surface area contributed by atoms with Crippen molar-refractivity contribution in [3.05, 3.63) is 98.4 Å². The van der Waals surface area contributed by atoms with Crippen LogP contribution >= 0.6 is 11.3 Å². The van der Waals surface area contributed by atoms with Crippen molar-refractivity contribution in [2.24, 2.45) is 0 Å². The minimum absolute atomic E-state index is 0.179. The van der Waals surface area contributed by atoms with Gasteiger partial charge in [-0.2, -0.15) is 0 Å². The van der Waals surface area contributed by atoms with Gasteiger partial charge >= 0.3 is 0 Å². The molecule has 0 aliphatic rings. The molecule has 0 bridgehead atoms. The van der Waals surface area contributed by atoms with Gasteiger partial charge in [0, 0.05) is 27.4 Å². The number of aromatic hydroxyl groups is 1. The normalized spacial score (nSPS) is 11.3. The van der Waals surface area contributed by atoms with Gasteiger partial charge in [0.05, 0.1) is 22.5 Å². The first-order valence-corrected chi connectivity index (χ1v) is 12.7. The third-order valence-corrected chi connectivity index (χ3v) is 7.58. The first kappa shape index (κ1) is 24.6. The number of phenolic OH excluding ortho intramolecular Hbond substituents is 1. The number of hydrogen-bond donors (Lipinski definition) is 1. The number of halogens is 1. The molecule has 5 rings (SSSR count). The van der Waals surface area contributed by atoms with Crippen LogP contribution in [0, 0.1) is 33.5 Å². The molecule has 3 aromatic heterocycles. The summed E-state index contributed by atoms with van der Waals surface area (Å²) >= 11 is 1.51. The van der Waals surface area contributed by atoms with E-state index in [1.165, 1.54) is 28.0 Å². The van der Waals surface area contributed by atoms with Gasteiger partial charge in [0.1, 0.15) is 11.6 Å². The Balaban J connectivity index is 1.69. The number of nitrogens with zero attached hydrogens (tertiary/aromatic N) is 3. The van der Waals surface area contributed by atoms with E-state index < -0.39 is 11.6 Å². The van der Waals surface area contributed by atoms with Crippen molar-refractivity contribution in [1.29, 1.82) is 0 Å². The number of aromatic nitrogens is 3. The second-order valence-electron chi connectivity index (χ2n) is 9.00. The standard InChI is InChI=1S/C29H26FN3O3S/c1-16-26(24-15-22(19(4)37-24)25-17(2)32-36-18(25)3)29(35)33(14-13-20-9-6-5-7-10-20)28(31-16)21-11-8-12-23(30)27(21)34/h5-12,15,34H,13-14H2,1-4H3. The zero-order chi connectivity index (χ0) is 26.3. The summed E-state index contributed by atoms with van der Waals surface area (Å²) in [6.07, 6.45) is 0.571. The summed E-state index contributed by atoms with van der Waals surface area (Å²) in [6.45, 7) is 7.85. The third kappa shape index (κ3) is 4.49. The molecular weight excluding hydrogens is 489 g/mol. The van der Waals surface area contributed by atoms with E-state index in [0.29, 0.717) is 24.2 Å². The Morgan fingerprint density at radius 3 is 2.43 bits per heavy atom. The predicted molar refractivity (Wildman–Crippen MR) is 143 cm³/mol. The van der Waals surface area contributed by atoms with Crippen molar-refractivity contribution in [3.63, 3.8) is 0 Å². The number of aryl methyl sites for hydroxylation is 5. The lowest BCUT2D eigenvalue weighted by Crippen LogP contribution is -2.27. The van der Waals surface area contributed by atoms with Gasteiger partial charge in [-0.05, 0) is 57.9 Å². The lowest BCUT2D eigenvalue weighted by molar-refractivity contribution is 0.393. The summed E-state index contributed by atoms with van der Waals surface area (Å²) < 4.78 is 21.2. The topological polar surface area (TPSA) is 81.2 Å². The van der Waals surface area contributed by atoms with E-state index in [4.69, 9.17) is 9.51 Å². The maximum absolute atomic E-state index is 14.3. The summed E-state index contributed by atoms with van der Waals surface area (Å²) in [7, 11) is 0. The fourth-order valence-corrected chi connectivity index (χ4v) is 5.77. The maximum atomic E-state index is 14.3. The van der Waals surface area contributed by atoms with Gasteiger partial charge < -0.3 is 9.63 Å². The lowest BCUT2D eigenvalue weighted by atomic mass is 10.0. The quantitative estimate of drug-likeness (QED) is 0.275. The molecule has 3 heterocycles. The van der Waals surface area contributed by atoms with E-state index in [2.05, 4.69) is 5.16 Å². The predicted octanol–water partition coefficient (Wildman–Crippen LogP) is 6.61. The smallest absolute Gasteiger partial charge is 0.262 e. The Kier molecular flexibility index (Phi) is 6.52. The van der Waals surface area contributed by atoms with Crippen molar-refractivity contribution in [2.75, 3.05) is 0 Å². The van der Waals surface area contributed by atoms with Gasteiger partial charge in [-0.1, -0.05) is 41.6 Å². The van der Waals surface area contributed by atoms with Gasteiger partial charge in [0.25, 0.3) is 5.56 Å². The van der Waals surface area contributed by atoms with Crippen LogP contribution in [0.1, 0.15) is 27.6 Å². The van der Waals surface area contributed by atoms with Crippen molar-refractivity contribution < 1.29 is 14.0 Å². The van der Waals surface area contributed by atoms with E-state index in [-0.39, 0.29) is 16.9 Å². The van der Waals surface area contributed by atoms with E-state index in [1.54, 1.807) is 13.0 Å². The highest BCUT2D eigenvalue weighted by molar-refractivity contribution is 7.16. The molecule has 188 valence electrons. The molecule has 0 aliphatic carbocycles. The molecule has 8 heteroatoms. The van der Waals surface area contributed by atoms with Crippen molar-refractivity contribution >= 4 is 11.3 Å². The average molecular weight is 516 g/mol. The Bertz CT molecular complexity index is 1650. The summed E-state index contributed by atoms with van der Waals surface area (Å²) in [6, 6.07) is 16.0. The number of rotatable bonds is 6. The first-order chi connectivity index (χ1) is 17.8. The summed E-state index contributed by atoms with van der Waals surface area (Å²) in [4.78, 5) is 20.6. The van der Waals surface area contributed by atoms with E-state index in [0.717, 1.165) is 37.9 Å². The molecule has 0 unspecified atom stereocenters. The Hall–Kier alpha value is -4.04. The highest BCUT2D eigenvalue weighted by Gasteiger charge is 2.23. The highest BCUT2D eigenvalue weighted by atomic mass is 32.1. The van der Waals surface area contributed by atoms with E-state index in [1.807, 2.05) is 57.2 Å². The molecule has 0 saturated carbocycles. The minimum Gasteiger partial charge on any atom is -0.504 e. The van der Waals surface area contributed by atoms with Gasteiger partial charge in [0.15, 0.2) is 11.6 Å². The van der Waals surface area contributed by atoms with Crippen molar-refractivity contribution in [1.82, 2.24) is 14.7 Å². The molecule has 0 amide bonds. The molecule has 0 atom stereocenters. The van der Waals surface area contributed by atoms with Crippen LogP contribution in [0.3, 0.4) is 0 Å². The number of phenols is 1. The Morgan fingerprint density at radius 2 is 1.73 bits per heavy atom. The van der Waals surface area contributed by atoms with Crippen LogP contribution in [0.4, 0.5) is 4.39 Å². The van der Waals surface area contributed by atoms with Crippen LogP contribution in [0.5, 0.6) is 5.75 Å². The van der Waals surface area contributed by atoms with Crippen LogP contribution in [0.25, 0.3) is 33.0 Å². The van der Waals surface area contributed by atoms with Gasteiger partial charge in [-0.15, -0.1) is 11.3 Å². The molecular formula is C29H26FN3O3S. The summed E-state index contributed by atoms with van der Waals surface area (Å²) in [5.41, 5.74) is 4.67. The second kappa shape index (κ2) is 9.78. The number of para-hydroxylation sites is 1. The van der Waals surface area contributed by atoms with E-state index >= 15 is 0 Å². The van der Waals surface area contributed by atoms with Crippen LogP contribution < -0.4 is 5.56 Å². The molecule has 1 N–H and O–H groups in total. The first-order valence-electron chi connectivity index (χ1n) is 11.9.